The predicted molar refractivity (Wildman–Crippen MR) is 78.0 cm³/mol. The van der Waals surface area contributed by atoms with Crippen LogP contribution in [-0.2, 0) is 11.2 Å². The molecule has 1 saturated heterocycles. The van der Waals surface area contributed by atoms with Crippen molar-refractivity contribution in [2.75, 3.05) is 18.6 Å². The molecule has 2 unspecified atom stereocenters. The quantitative estimate of drug-likeness (QED) is 0.796. The van der Waals surface area contributed by atoms with Gasteiger partial charge in [-0.2, -0.15) is 0 Å². The summed E-state index contributed by atoms with van der Waals surface area (Å²) in [6, 6.07) is 0.360. The second-order valence-corrected chi connectivity index (χ2v) is 5.53. The molecule has 4 nitrogen and oxygen atoms in total. The van der Waals surface area contributed by atoms with E-state index in [0.29, 0.717) is 11.2 Å². The van der Waals surface area contributed by atoms with E-state index in [-0.39, 0.29) is 6.10 Å². The number of anilines is 1. The van der Waals surface area contributed by atoms with Gasteiger partial charge in [0.05, 0.1) is 12.1 Å². The van der Waals surface area contributed by atoms with Gasteiger partial charge in [0, 0.05) is 25.6 Å². The Balaban J connectivity index is 2.31. The molecule has 106 valence electrons. The summed E-state index contributed by atoms with van der Waals surface area (Å²) < 4.78 is 5.64. The summed E-state index contributed by atoms with van der Waals surface area (Å²) in [6.07, 6.45) is 3.14. The molecule has 0 saturated carbocycles. The molecule has 1 aromatic heterocycles. The average Bonchev–Trinajstić information content (AvgIpc) is 2.79. The van der Waals surface area contributed by atoms with Crippen LogP contribution in [0.15, 0.2) is 0 Å². The van der Waals surface area contributed by atoms with Crippen molar-refractivity contribution >= 4 is 17.4 Å². The number of halogens is 1. The second kappa shape index (κ2) is 6.06. The highest BCUT2D eigenvalue weighted by Crippen LogP contribution is 2.28. The van der Waals surface area contributed by atoms with Crippen molar-refractivity contribution in [3.05, 3.63) is 16.5 Å². The van der Waals surface area contributed by atoms with Gasteiger partial charge in [-0.05, 0) is 26.7 Å². The Kier molecular flexibility index (Phi) is 4.63. The third-order valence-corrected chi connectivity index (χ3v) is 4.12. The molecule has 2 rings (SSSR count). The minimum absolute atomic E-state index is 0.229. The Bertz CT molecular complexity index is 453. The normalized spacial score (nSPS) is 22.8. The highest BCUT2D eigenvalue weighted by molar-refractivity contribution is 6.30. The first kappa shape index (κ1) is 14.5. The standard InChI is InChI=1S/C14H22ClN3O/c1-5-6-12-16-13(15)9(2)14(17-12)18(4)11-7-8-19-10(11)3/h10-11H,5-8H2,1-4H3. The fourth-order valence-electron chi connectivity index (χ4n) is 2.59. The van der Waals surface area contributed by atoms with Gasteiger partial charge in [-0.25, -0.2) is 9.97 Å². The van der Waals surface area contributed by atoms with Crippen molar-refractivity contribution < 1.29 is 4.74 Å². The van der Waals surface area contributed by atoms with E-state index in [9.17, 15) is 0 Å². The van der Waals surface area contributed by atoms with E-state index in [1.165, 1.54) is 0 Å². The predicted octanol–water partition coefficient (Wildman–Crippen LogP) is 3.00. The Labute approximate surface area is 120 Å². The number of hydrogen-bond acceptors (Lipinski definition) is 4. The molecule has 0 amide bonds. The van der Waals surface area contributed by atoms with E-state index in [2.05, 4.69) is 35.8 Å². The maximum absolute atomic E-state index is 6.23. The van der Waals surface area contributed by atoms with Crippen LogP contribution in [0.1, 0.15) is 38.1 Å². The molecule has 1 aliphatic heterocycles. The fourth-order valence-corrected chi connectivity index (χ4v) is 2.77. The Hall–Kier alpha value is -0.870. The minimum atomic E-state index is 0.229. The van der Waals surface area contributed by atoms with Gasteiger partial charge in [-0.15, -0.1) is 0 Å². The third kappa shape index (κ3) is 3.00. The van der Waals surface area contributed by atoms with E-state index in [4.69, 9.17) is 16.3 Å². The van der Waals surface area contributed by atoms with Gasteiger partial charge in [-0.1, -0.05) is 18.5 Å². The molecule has 1 aliphatic rings. The lowest BCUT2D eigenvalue weighted by molar-refractivity contribution is 0.118. The summed E-state index contributed by atoms with van der Waals surface area (Å²) in [4.78, 5) is 11.2. The fraction of sp³-hybridized carbons (Fsp3) is 0.714. The van der Waals surface area contributed by atoms with Gasteiger partial charge < -0.3 is 9.64 Å². The van der Waals surface area contributed by atoms with Crippen molar-refractivity contribution in [1.29, 1.82) is 0 Å². The largest absolute Gasteiger partial charge is 0.376 e. The monoisotopic (exact) mass is 283 g/mol. The van der Waals surface area contributed by atoms with E-state index in [1.807, 2.05) is 6.92 Å². The Morgan fingerprint density at radius 3 is 2.74 bits per heavy atom. The van der Waals surface area contributed by atoms with Crippen molar-refractivity contribution in [3.63, 3.8) is 0 Å². The van der Waals surface area contributed by atoms with E-state index >= 15 is 0 Å². The summed E-state index contributed by atoms with van der Waals surface area (Å²) in [6.45, 7) is 7.02. The van der Waals surface area contributed by atoms with Gasteiger partial charge in [0.15, 0.2) is 0 Å². The first-order valence-corrected chi connectivity index (χ1v) is 7.29. The van der Waals surface area contributed by atoms with Gasteiger partial charge in [0.1, 0.15) is 16.8 Å². The molecule has 19 heavy (non-hydrogen) atoms. The summed E-state index contributed by atoms with van der Waals surface area (Å²) in [5, 5.41) is 0.562. The number of likely N-dealkylation sites (N-methyl/N-ethyl adjacent to an activating group) is 1. The van der Waals surface area contributed by atoms with Crippen LogP contribution >= 0.6 is 11.6 Å². The van der Waals surface area contributed by atoms with Gasteiger partial charge in [0.25, 0.3) is 0 Å². The van der Waals surface area contributed by atoms with Crippen LogP contribution in [-0.4, -0.2) is 35.8 Å². The lowest BCUT2D eigenvalue weighted by Gasteiger charge is -2.29. The summed E-state index contributed by atoms with van der Waals surface area (Å²) >= 11 is 6.23. The molecule has 0 spiro atoms. The molecule has 1 fully saturated rings. The number of aryl methyl sites for hydroxylation is 1. The molecule has 5 heteroatoms. The van der Waals surface area contributed by atoms with Crippen LogP contribution in [0, 0.1) is 6.92 Å². The summed E-state index contributed by atoms with van der Waals surface area (Å²) in [5.74, 6) is 1.76. The number of nitrogens with zero attached hydrogens (tertiary/aromatic N) is 3. The molecule has 0 N–H and O–H groups in total. The van der Waals surface area contributed by atoms with Gasteiger partial charge >= 0.3 is 0 Å². The van der Waals surface area contributed by atoms with Crippen LogP contribution in [0.5, 0.6) is 0 Å². The second-order valence-electron chi connectivity index (χ2n) is 5.17. The highest BCUT2D eigenvalue weighted by Gasteiger charge is 2.30. The molecular weight excluding hydrogens is 262 g/mol. The molecule has 0 aromatic carbocycles. The maximum atomic E-state index is 6.23. The number of aromatic nitrogens is 2. The molecule has 2 atom stereocenters. The number of ether oxygens (including phenoxy) is 1. The minimum Gasteiger partial charge on any atom is -0.376 e. The summed E-state index contributed by atoms with van der Waals surface area (Å²) in [5.41, 5.74) is 0.947. The van der Waals surface area contributed by atoms with Crippen LogP contribution in [0.3, 0.4) is 0 Å². The van der Waals surface area contributed by atoms with Gasteiger partial charge in [-0.3, -0.25) is 0 Å². The molecule has 1 aromatic rings. The summed E-state index contributed by atoms with van der Waals surface area (Å²) in [7, 11) is 2.07. The van der Waals surface area contributed by atoms with E-state index in [1.54, 1.807) is 0 Å². The lowest BCUT2D eigenvalue weighted by atomic mass is 10.1. The van der Waals surface area contributed by atoms with Crippen molar-refractivity contribution in [3.8, 4) is 0 Å². The SMILES string of the molecule is CCCc1nc(Cl)c(C)c(N(C)C2CCOC2C)n1. The topological polar surface area (TPSA) is 38.2 Å². The molecule has 0 aliphatic carbocycles. The van der Waals surface area contributed by atoms with E-state index < -0.39 is 0 Å². The van der Waals surface area contributed by atoms with Crippen LogP contribution in [0.2, 0.25) is 5.15 Å². The van der Waals surface area contributed by atoms with E-state index in [0.717, 1.165) is 43.1 Å². The van der Waals surface area contributed by atoms with Crippen molar-refractivity contribution in [2.45, 2.75) is 52.2 Å². The lowest BCUT2D eigenvalue weighted by Crippen LogP contribution is -2.38. The zero-order chi connectivity index (χ0) is 14.0. The Morgan fingerprint density at radius 1 is 1.42 bits per heavy atom. The van der Waals surface area contributed by atoms with Crippen molar-refractivity contribution in [1.82, 2.24) is 9.97 Å². The maximum Gasteiger partial charge on any atom is 0.137 e. The van der Waals surface area contributed by atoms with Crippen LogP contribution < -0.4 is 4.90 Å². The smallest absolute Gasteiger partial charge is 0.137 e. The number of rotatable bonds is 4. The number of hydrogen-bond donors (Lipinski definition) is 0. The molecular formula is C14H22ClN3O. The highest BCUT2D eigenvalue weighted by atomic mass is 35.5. The average molecular weight is 284 g/mol. The molecule has 0 radical (unpaired) electrons. The Morgan fingerprint density at radius 2 is 2.16 bits per heavy atom. The molecule has 0 bridgehead atoms. The zero-order valence-electron chi connectivity index (χ0n) is 12.1. The first-order valence-electron chi connectivity index (χ1n) is 6.92. The van der Waals surface area contributed by atoms with Crippen LogP contribution in [0.4, 0.5) is 5.82 Å². The molecule has 2 heterocycles. The zero-order valence-corrected chi connectivity index (χ0v) is 12.9. The van der Waals surface area contributed by atoms with Gasteiger partial charge in [0.2, 0.25) is 0 Å². The van der Waals surface area contributed by atoms with Crippen LogP contribution in [0.25, 0.3) is 0 Å². The first-order chi connectivity index (χ1) is 9.04. The van der Waals surface area contributed by atoms with Crippen molar-refractivity contribution in [2.24, 2.45) is 0 Å². The third-order valence-electron chi connectivity index (χ3n) is 3.75.